The molecule has 0 aliphatic carbocycles. The van der Waals surface area contributed by atoms with Gasteiger partial charge < -0.3 is 15.0 Å². The molecule has 1 N–H and O–H groups in total. The van der Waals surface area contributed by atoms with Crippen molar-refractivity contribution >= 4 is 23.3 Å². The fraction of sp³-hybridized carbons (Fsp3) is 0.316. The van der Waals surface area contributed by atoms with Crippen LogP contribution in [0.5, 0.6) is 0 Å². The summed E-state index contributed by atoms with van der Waals surface area (Å²) in [6, 6.07) is 8.51. The van der Waals surface area contributed by atoms with Crippen LogP contribution in [0, 0.1) is 0 Å². The molecule has 1 saturated heterocycles. The van der Waals surface area contributed by atoms with E-state index >= 15 is 0 Å². The number of amides is 1. The van der Waals surface area contributed by atoms with Gasteiger partial charge in [0.15, 0.2) is 0 Å². The van der Waals surface area contributed by atoms with Gasteiger partial charge in [0.2, 0.25) is 0 Å². The third-order valence-corrected chi connectivity index (χ3v) is 4.25. The SMILES string of the molecule is COC(=O)c1cccc(NC(=O)c2cncc(N3CCCCC3)c2)c1. The average molecular weight is 339 g/mol. The molecule has 0 spiro atoms. The summed E-state index contributed by atoms with van der Waals surface area (Å²) in [6.07, 6.45) is 6.92. The zero-order valence-electron chi connectivity index (χ0n) is 14.2. The van der Waals surface area contributed by atoms with E-state index in [0.717, 1.165) is 31.6 Å². The minimum atomic E-state index is -0.440. The molecule has 2 aromatic rings. The summed E-state index contributed by atoms with van der Waals surface area (Å²) >= 11 is 0. The van der Waals surface area contributed by atoms with Crippen LogP contribution in [0.4, 0.5) is 11.4 Å². The van der Waals surface area contributed by atoms with Crippen molar-refractivity contribution in [2.75, 3.05) is 30.4 Å². The molecular formula is C19H21N3O3. The molecule has 130 valence electrons. The number of anilines is 2. The van der Waals surface area contributed by atoms with Crippen LogP contribution in [0.25, 0.3) is 0 Å². The molecule has 1 aromatic carbocycles. The molecule has 1 aliphatic rings. The van der Waals surface area contributed by atoms with Crippen LogP contribution in [-0.4, -0.2) is 37.1 Å². The van der Waals surface area contributed by atoms with E-state index in [4.69, 9.17) is 4.74 Å². The van der Waals surface area contributed by atoms with E-state index in [1.807, 2.05) is 6.07 Å². The number of hydrogen-bond donors (Lipinski definition) is 1. The Kier molecular flexibility index (Phi) is 5.28. The van der Waals surface area contributed by atoms with E-state index in [0.29, 0.717) is 16.8 Å². The van der Waals surface area contributed by atoms with Crippen LogP contribution >= 0.6 is 0 Å². The maximum Gasteiger partial charge on any atom is 0.337 e. The molecule has 1 aromatic heterocycles. The summed E-state index contributed by atoms with van der Waals surface area (Å²) < 4.78 is 4.70. The molecular weight excluding hydrogens is 318 g/mol. The number of piperidine rings is 1. The van der Waals surface area contributed by atoms with E-state index in [1.165, 1.54) is 13.5 Å². The predicted molar refractivity (Wildman–Crippen MR) is 96.0 cm³/mol. The molecule has 0 atom stereocenters. The van der Waals surface area contributed by atoms with Gasteiger partial charge in [0.05, 0.1) is 30.1 Å². The molecule has 6 nitrogen and oxygen atoms in total. The molecule has 0 saturated carbocycles. The molecule has 2 heterocycles. The van der Waals surface area contributed by atoms with Gasteiger partial charge in [0.25, 0.3) is 5.91 Å². The first-order chi connectivity index (χ1) is 12.2. The number of carbonyl (C=O) groups excluding carboxylic acids is 2. The molecule has 1 fully saturated rings. The number of benzene rings is 1. The Labute approximate surface area is 146 Å². The van der Waals surface area contributed by atoms with Crippen molar-refractivity contribution in [2.45, 2.75) is 19.3 Å². The van der Waals surface area contributed by atoms with E-state index in [2.05, 4.69) is 15.2 Å². The Hall–Kier alpha value is -2.89. The molecule has 1 amide bonds. The van der Waals surface area contributed by atoms with Crippen molar-refractivity contribution < 1.29 is 14.3 Å². The lowest BCUT2D eigenvalue weighted by Gasteiger charge is -2.28. The number of rotatable bonds is 4. The molecule has 0 unspecified atom stereocenters. The fourth-order valence-corrected chi connectivity index (χ4v) is 2.92. The summed E-state index contributed by atoms with van der Waals surface area (Å²) in [5.74, 6) is -0.696. The molecule has 6 heteroatoms. The normalized spacial score (nSPS) is 14.0. The van der Waals surface area contributed by atoms with E-state index in [1.54, 1.807) is 36.7 Å². The van der Waals surface area contributed by atoms with Crippen LogP contribution in [0.1, 0.15) is 40.0 Å². The fourth-order valence-electron chi connectivity index (χ4n) is 2.92. The number of methoxy groups -OCH3 is 1. The van der Waals surface area contributed by atoms with Gasteiger partial charge in [-0.15, -0.1) is 0 Å². The van der Waals surface area contributed by atoms with Gasteiger partial charge in [-0.1, -0.05) is 6.07 Å². The van der Waals surface area contributed by atoms with Crippen molar-refractivity contribution in [3.8, 4) is 0 Å². The zero-order chi connectivity index (χ0) is 17.6. The standard InChI is InChI=1S/C19H21N3O3/c1-25-19(24)14-6-5-7-16(10-14)21-18(23)15-11-17(13-20-12-15)22-8-3-2-4-9-22/h5-7,10-13H,2-4,8-9H2,1H3,(H,21,23). The van der Waals surface area contributed by atoms with Crippen LogP contribution in [0.3, 0.4) is 0 Å². The van der Waals surface area contributed by atoms with Crippen molar-refractivity contribution in [2.24, 2.45) is 0 Å². The third kappa shape index (κ3) is 4.15. The van der Waals surface area contributed by atoms with Crippen molar-refractivity contribution in [1.29, 1.82) is 0 Å². The maximum absolute atomic E-state index is 12.5. The number of hydrogen-bond acceptors (Lipinski definition) is 5. The van der Waals surface area contributed by atoms with Crippen LogP contribution in [0.2, 0.25) is 0 Å². The van der Waals surface area contributed by atoms with Crippen LogP contribution < -0.4 is 10.2 Å². The van der Waals surface area contributed by atoms with Gasteiger partial charge in [0.1, 0.15) is 0 Å². The Balaban J connectivity index is 1.74. The highest BCUT2D eigenvalue weighted by atomic mass is 16.5. The lowest BCUT2D eigenvalue weighted by atomic mass is 10.1. The molecule has 0 bridgehead atoms. The molecule has 0 radical (unpaired) electrons. The number of nitrogens with zero attached hydrogens (tertiary/aromatic N) is 2. The van der Waals surface area contributed by atoms with Gasteiger partial charge in [-0.3, -0.25) is 9.78 Å². The lowest BCUT2D eigenvalue weighted by molar-refractivity contribution is 0.0600. The average Bonchev–Trinajstić information content (AvgIpc) is 2.68. The maximum atomic E-state index is 12.5. The van der Waals surface area contributed by atoms with Crippen molar-refractivity contribution in [3.05, 3.63) is 53.9 Å². The minimum absolute atomic E-state index is 0.256. The topological polar surface area (TPSA) is 71.5 Å². The van der Waals surface area contributed by atoms with E-state index < -0.39 is 5.97 Å². The summed E-state index contributed by atoms with van der Waals surface area (Å²) in [5, 5.41) is 2.80. The summed E-state index contributed by atoms with van der Waals surface area (Å²) in [5.41, 5.74) is 2.39. The number of ether oxygens (including phenoxy) is 1. The number of pyridine rings is 1. The second-order valence-electron chi connectivity index (χ2n) is 6.01. The number of nitrogens with one attached hydrogen (secondary N) is 1. The second-order valence-corrected chi connectivity index (χ2v) is 6.01. The smallest absolute Gasteiger partial charge is 0.337 e. The summed E-state index contributed by atoms with van der Waals surface area (Å²) in [7, 11) is 1.32. The van der Waals surface area contributed by atoms with Gasteiger partial charge in [-0.25, -0.2) is 4.79 Å². The van der Waals surface area contributed by atoms with Crippen LogP contribution in [0.15, 0.2) is 42.7 Å². The van der Waals surface area contributed by atoms with Gasteiger partial charge in [-0.05, 0) is 43.5 Å². The molecule has 25 heavy (non-hydrogen) atoms. The monoisotopic (exact) mass is 339 g/mol. The first-order valence-electron chi connectivity index (χ1n) is 8.37. The highest BCUT2D eigenvalue weighted by Gasteiger charge is 2.14. The Morgan fingerprint density at radius 2 is 1.88 bits per heavy atom. The number of aromatic nitrogens is 1. The zero-order valence-corrected chi connectivity index (χ0v) is 14.2. The molecule has 3 rings (SSSR count). The highest BCUT2D eigenvalue weighted by Crippen LogP contribution is 2.20. The predicted octanol–water partition coefficient (Wildman–Crippen LogP) is 3.11. The minimum Gasteiger partial charge on any atom is -0.465 e. The lowest BCUT2D eigenvalue weighted by Crippen LogP contribution is -2.29. The van der Waals surface area contributed by atoms with Crippen molar-refractivity contribution in [1.82, 2.24) is 4.98 Å². The molecule has 1 aliphatic heterocycles. The van der Waals surface area contributed by atoms with Crippen molar-refractivity contribution in [3.63, 3.8) is 0 Å². The first-order valence-corrected chi connectivity index (χ1v) is 8.37. The van der Waals surface area contributed by atoms with Gasteiger partial charge >= 0.3 is 5.97 Å². The van der Waals surface area contributed by atoms with Crippen LogP contribution in [-0.2, 0) is 4.74 Å². The third-order valence-electron chi connectivity index (χ3n) is 4.25. The number of esters is 1. The summed E-state index contributed by atoms with van der Waals surface area (Å²) in [6.45, 7) is 1.99. The Morgan fingerprint density at radius 1 is 1.08 bits per heavy atom. The largest absolute Gasteiger partial charge is 0.465 e. The van der Waals surface area contributed by atoms with E-state index in [9.17, 15) is 9.59 Å². The number of carbonyl (C=O) groups is 2. The second kappa shape index (κ2) is 7.79. The van der Waals surface area contributed by atoms with Gasteiger partial charge in [0, 0.05) is 25.0 Å². The summed E-state index contributed by atoms with van der Waals surface area (Å²) in [4.78, 5) is 30.6. The first kappa shape index (κ1) is 17.0. The van der Waals surface area contributed by atoms with E-state index in [-0.39, 0.29) is 5.91 Å². The Bertz CT molecular complexity index is 770. The highest BCUT2D eigenvalue weighted by molar-refractivity contribution is 6.05. The quantitative estimate of drug-likeness (QED) is 0.867. The Morgan fingerprint density at radius 3 is 2.64 bits per heavy atom. The van der Waals surface area contributed by atoms with Gasteiger partial charge in [-0.2, -0.15) is 0 Å².